The molecule has 2 heterocycles. The molecule has 76 valence electrons. The molecule has 0 atom stereocenters. The van der Waals surface area contributed by atoms with Crippen LogP contribution in [0.2, 0.25) is 0 Å². The van der Waals surface area contributed by atoms with Crippen molar-refractivity contribution in [3.05, 3.63) is 0 Å². The minimum Gasteiger partial charge on any atom is -1.00 e. The minimum atomic E-state index is 0. The van der Waals surface area contributed by atoms with Gasteiger partial charge in [0.05, 0.1) is 32.6 Å². The van der Waals surface area contributed by atoms with E-state index in [2.05, 4.69) is 16.4 Å². The molecule has 0 aromatic carbocycles. The minimum absolute atomic E-state index is 0. The van der Waals surface area contributed by atoms with Crippen molar-refractivity contribution in [2.75, 3.05) is 26.2 Å². The van der Waals surface area contributed by atoms with Gasteiger partial charge in [-0.1, -0.05) is 6.92 Å². The molecule has 0 radical (unpaired) electrons. The van der Waals surface area contributed by atoms with Crippen LogP contribution < -0.4 is 12.4 Å². The lowest BCUT2D eigenvalue weighted by Gasteiger charge is -2.22. The van der Waals surface area contributed by atoms with Crippen LogP contribution in [0.1, 0.15) is 32.6 Å². The zero-order valence-electron chi connectivity index (χ0n) is 8.43. The molecule has 0 aromatic rings. The standard InChI is InChI=1S/C10H19N2.ClH/c1-2-6-11-8-4-9-12-7-3-5-10(11)12;/h2-9H2,1H3;1H/q+1;/p-1. The van der Waals surface area contributed by atoms with Crippen LogP contribution in [-0.4, -0.2) is 41.5 Å². The normalized spacial score (nSPS) is 21.5. The largest absolute Gasteiger partial charge is 1.00 e. The first kappa shape index (κ1) is 10.8. The summed E-state index contributed by atoms with van der Waals surface area (Å²) in [5, 5.41) is 0. The van der Waals surface area contributed by atoms with Crippen LogP contribution in [0.25, 0.3) is 0 Å². The highest BCUT2D eigenvalue weighted by Crippen LogP contribution is 2.14. The molecular weight excluding hydrogens is 184 g/mol. The average Bonchev–Trinajstić information content (AvgIpc) is 2.53. The van der Waals surface area contributed by atoms with Crippen molar-refractivity contribution in [2.24, 2.45) is 0 Å². The predicted octanol–water partition coefficient (Wildman–Crippen LogP) is -1.69. The summed E-state index contributed by atoms with van der Waals surface area (Å²) in [4.78, 5) is 2.59. The van der Waals surface area contributed by atoms with Gasteiger partial charge in [0.25, 0.3) is 0 Å². The van der Waals surface area contributed by atoms with Crippen LogP contribution >= 0.6 is 0 Å². The van der Waals surface area contributed by atoms with Gasteiger partial charge in [-0.25, -0.2) is 0 Å². The van der Waals surface area contributed by atoms with Crippen molar-refractivity contribution in [3.8, 4) is 0 Å². The first-order chi connectivity index (χ1) is 5.92. The third-order valence-corrected chi connectivity index (χ3v) is 2.91. The molecule has 0 bridgehead atoms. The van der Waals surface area contributed by atoms with Gasteiger partial charge in [-0.05, 0) is 12.8 Å². The second-order valence-electron chi connectivity index (χ2n) is 3.85. The summed E-state index contributed by atoms with van der Waals surface area (Å²) in [7, 11) is 0. The van der Waals surface area contributed by atoms with Crippen molar-refractivity contribution in [3.63, 3.8) is 0 Å². The fraction of sp³-hybridized carbons (Fsp3) is 0.900. The first-order valence-electron chi connectivity index (χ1n) is 5.27. The summed E-state index contributed by atoms with van der Waals surface area (Å²) in [6.45, 7) is 7.48. The van der Waals surface area contributed by atoms with Crippen LogP contribution in [0.15, 0.2) is 0 Å². The van der Waals surface area contributed by atoms with Gasteiger partial charge in [-0.2, -0.15) is 0 Å². The van der Waals surface area contributed by atoms with Gasteiger partial charge in [0, 0.05) is 6.42 Å². The molecule has 0 fully saturated rings. The summed E-state index contributed by atoms with van der Waals surface area (Å²) in [6, 6.07) is 0. The van der Waals surface area contributed by atoms with E-state index in [0.717, 1.165) is 0 Å². The maximum absolute atomic E-state index is 2.59. The van der Waals surface area contributed by atoms with Crippen molar-refractivity contribution < 1.29 is 17.0 Å². The van der Waals surface area contributed by atoms with Gasteiger partial charge in [0.1, 0.15) is 0 Å². The first-order valence-corrected chi connectivity index (χ1v) is 5.27. The van der Waals surface area contributed by atoms with E-state index in [1.165, 1.54) is 51.9 Å². The van der Waals surface area contributed by atoms with Crippen molar-refractivity contribution >= 4 is 5.84 Å². The van der Waals surface area contributed by atoms with Crippen LogP contribution in [-0.2, 0) is 0 Å². The number of hydrogen-bond acceptors (Lipinski definition) is 1. The molecule has 2 nitrogen and oxygen atoms in total. The maximum atomic E-state index is 2.59. The number of amidine groups is 1. The Morgan fingerprint density at radius 2 is 2.08 bits per heavy atom. The summed E-state index contributed by atoms with van der Waals surface area (Å²) in [6.07, 6.45) is 5.37. The lowest BCUT2D eigenvalue weighted by molar-refractivity contribution is -0.530. The van der Waals surface area contributed by atoms with Gasteiger partial charge >= 0.3 is 0 Å². The molecule has 0 saturated carbocycles. The van der Waals surface area contributed by atoms with E-state index in [9.17, 15) is 0 Å². The van der Waals surface area contributed by atoms with Crippen molar-refractivity contribution in [1.29, 1.82) is 0 Å². The zero-order valence-corrected chi connectivity index (χ0v) is 9.19. The van der Waals surface area contributed by atoms with E-state index in [1.54, 1.807) is 5.84 Å². The van der Waals surface area contributed by atoms with Crippen LogP contribution in [0.4, 0.5) is 0 Å². The fourth-order valence-electron chi connectivity index (χ4n) is 2.41. The van der Waals surface area contributed by atoms with Crippen LogP contribution in [0, 0.1) is 0 Å². The molecule has 2 aliphatic heterocycles. The number of halogens is 1. The molecule has 0 aromatic heterocycles. The summed E-state index contributed by atoms with van der Waals surface area (Å²) < 4.78 is 2.58. The molecule has 2 rings (SSSR count). The Morgan fingerprint density at radius 3 is 2.85 bits per heavy atom. The van der Waals surface area contributed by atoms with Crippen molar-refractivity contribution in [2.45, 2.75) is 32.6 Å². The maximum Gasteiger partial charge on any atom is 0.246 e. The Bertz CT molecular complexity index is 201. The Hall–Kier alpha value is -0.240. The lowest BCUT2D eigenvalue weighted by atomic mass is 10.2. The second kappa shape index (κ2) is 4.85. The second-order valence-corrected chi connectivity index (χ2v) is 3.85. The van der Waals surface area contributed by atoms with Gasteiger partial charge < -0.3 is 12.4 Å². The molecule has 3 heteroatoms. The van der Waals surface area contributed by atoms with E-state index in [1.807, 2.05) is 0 Å². The van der Waals surface area contributed by atoms with Crippen LogP contribution in [0.5, 0.6) is 0 Å². The Kier molecular flexibility index (Phi) is 4.04. The van der Waals surface area contributed by atoms with E-state index in [0.29, 0.717) is 0 Å². The van der Waals surface area contributed by atoms with Crippen molar-refractivity contribution in [1.82, 2.24) is 4.90 Å². The topological polar surface area (TPSA) is 6.25 Å². The molecule has 0 saturated heterocycles. The molecule has 0 N–H and O–H groups in total. The summed E-state index contributed by atoms with van der Waals surface area (Å²) in [5.74, 6) is 1.64. The predicted molar refractivity (Wildman–Crippen MR) is 50.7 cm³/mol. The smallest absolute Gasteiger partial charge is 0.246 e. The third kappa shape index (κ3) is 2.16. The average molecular weight is 203 g/mol. The van der Waals surface area contributed by atoms with E-state index < -0.39 is 0 Å². The van der Waals surface area contributed by atoms with Gasteiger partial charge in [0.15, 0.2) is 0 Å². The highest BCUT2D eigenvalue weighted by molar-refractivity contribution is 5.78. The monoisotopic (exact) mass is 202 g/mol. The number of rotatable bonds is 2. The highest BCUT2D eigenvalue weighted by atomic mass is 35.5. The summed E-state index contributed by atoms with van der Waals surface area (Å²) in [5.41, 5.74) is 0. The van der Waals surface area contributed by atoms with E-state index >= 15 is 0 Å². The highest BCUT2D eigenvalue weighted by Gasteiger charge is 2.29. The summed E-state index contributed by atoms with van der Waals surface area (Å²) >= 11 is 0. The SMILES string of the molecule is CCCN1CCC[N+]2=C1CCC2.[Cl-]. The van der Waals surface area contributed by atoms with Gasteiger partial charge in [0.2, 0.25) is 5.84 Å². The Morgan fingerprint density at radius 1 is 1.31 bits per heavy atom. The molecule has 0 aliphatic carbocycles. The molecule has 0 spiro atoms. The molecule has 2 aliphatic rings. The quantitative estimate of drug-likeness (QED) is 0.485. The lowest BCUT2D eigenvalue weighted by Crippen LogP contribution is -3.00. The Labute approximate surface area is 87.0 Å². The van der Waals surface area contributed by atoms with E-state index in [4.69, 9.17) is 0 Å². The van der Waals surface area contributed by atoms with Crippen LogP contribution in [0.3, 0.4) is 0 Å². The van der Waals surface area contributed by atoms with Gasteiger partial charge in [-0.3, -0.25) is 9.48 Å². The molecule has 0 amide bonds. The van der Waals surface area contributed by atoms with E-state index in [-0.39, 0.29) is 12.4 Å². The number of nitrogens with zero attached hydrogens (tertiary/aromatic N) is 2. The third-order valence-electron chi connectivity index (χ3n) is 2.91. The Balaban J connectivity index is 0.000000845. The molecule has 13 heavy (non-hydrogen) atoms. The molecule has 0 unspecified atom stereocenters. The fourth-order valence-corrected chi connectivity index (χ4v) is 2.41. The van der Waals surface area contributed by atoms with Gasteiger partial charge in [-0.15, -0.1) is 0 Å². The molecular formula is C10H19ClN2. The number of hydrogen-bond donors (Lipinski definition) is 0. The zero-order chi connectivity index (χ0) is 8.39.